The fourth-order valence-electron chi connectivity index (χ4n) is 2.24. The third-order valence-corrected chi connectivity index (χ3v) is 3.13. The van der Waals surface area contributed by atoms with Crippen LogP contribution >= 0.6 is 0 Å². The molecule has 78 valence electrons. The molecule has 2 aromatic heterocycles. The Bertz CT molecular complexity index is 450. The van der Waals surface area contributed by atoms with Crippen LogP contribution in [0.4, 0.5) is 0 Å². The number of hydrogen-bond acceptors (Lipinski definition) is 4. The first-order valence-electron chi connectivity index (χ1n) is 5.23. The van der Waals surface area contributed by atoms with E-state index in [1.807, 2.05) is 0 Å². The molecule has 2 aromatic rings. The quantitative estimate of drug-likeness (QED) is 0.726. The summed E-state index contributed by atoms with van der Waals surface area (Å²) < 4.78 is 0. The van der Waals surface area contributed by atoms with E-state index in [0.717, 1.165) is 24.2 Å². The Labute approximate surface area is 87.1 Å². The van der Waals surface area contributed by atoms with Crippen molar-refractivity contribution in [2.45, 2.75) is 31.2 Å². The van der Waals surface area contributed by atoms with Crippen LogP contribution in [0.1, 0.15) is 31.5 Å². The molecule has 2 heterocycles. The van der Waals surface area contributed by atoms with Crippen LogP contribution in [0.5, 0.6) is 0 Å². The largest absolute Gasteiger partial charge is 0.338 e. The summed E-state index contributed by atoms with van der Waals surface area (Å²) in [5.74, 6) is 0.857. The van der Waals surface area contributed by atoms with Crippen LogP contribution in [0.25, 0.3) is 11.2 Å². The van der Waals surface area contributed by atoms with E-state index >= 15 is 0 Å². The van der Waals surface area contributed by atoms with Crippen LogP contribution in [0.15, 0.2) is 12.5 Å². The van der Waals surface area contributed by atoms with Crippen molar-refractivity contribution < 1.29 is 0 Å². The van der Waals surface area contributed by atoms with Crippen LogP contribution in [-0.4, -0.2) is 19.9 Å². The third-order valence-electron chi connectivity index (χ3n) is 3.13. The minimum absolute atomic E-state index is 0.277. The Morgan fingerprint density at radius 1 is 1.33 bits per heavy atom. The van der Waals surface area contributed by atoms with Gasteiger partial charge in [-0.05, 0) is 12.8 Å². The SMILES string of the molecule is NC1(c2nc3ncncc3[nH]2)CCCC1. The summed E-state index contributed by atoms with van der Waals surface area (Å²) in [6, 6.07) is 0. The lowest BCUT2D eigenvalue weighted by Crippen LogP contribution is -2.34. The first-order chi connectivity index (χ1) is 7.28. The number of hydrogen-bond donors (Lipinski definition) is 2. The van der Waals surface area contributed by atoms with Gasteiger partial charge in [0.15, 0.2) is 5.65 Å². The summed E-state index contributed by atoms with van der Waals surface area (Å²) in [4.78, 5) is 15.7. The van der Waals surface area contributed by atoms with E-state index < -0.39 is 0 Å². The van der Waals surface area contributed by atoms with Crippen LogP contribution in [0.2, 0.25) is 0 Å². The smallest absolute Gasteiger partial charge is 0.180 e. The van der Waals surface area contributed by atoms with Crippen molar-refractivity contribution in [1.82, 2.24) is 19.9 Å². The Morgan fingerprint density at radius 3 is 2.87 bits per heavy atom. The highest BCUT2D eigenvalue weighted by molar-refractivity contribution is 5.69. The first kappa shape index (κ1) is 8.79. The molecule has 5 heteroatoms. The Hall–Kier alpha value is -1.49. The molecule has 0 spiro atoms. The van der Waals surface area contributed by atoms with Crippen molar-refractivity contribution in [1.29, 1.82) is 0 Å². The maximum Gasteiger partial charge on any atom is 0.180 e. The molecule has 15 heavy (non-hydrogen) atoms. The Morgan fingerprint density at radius 2 is 2.13 bits per heavy atom. The van der Waals surface area contributed by atoms with Gasteiger partial charge in [-0.15, -0.1) is 0 Å². The molecule has 1 saturated carbocycles. The number of nitrogens with two attached hydrogens (primary N) is 1. The van der Waals surface area contributed by atoms with Gasteiger partial charge in [0.1, 0.15) is 17.7 Å². The number of nitrogens with one attached hydrogen (secondary N) is 1. The predicted octanol–water partition coefficient (Wildman–Crippen LogP) is 1.08. The van der Waals surface area contributed by atoms with Gasteiger partial charge in [0.05, 0.1) is 11.7 Å². The number of aromatic amines is 1. The van der Waals surface area contributed by atoms with E-state index in [0.29, 0.717) is 5.65 Å². The molecule has 3 rings (SSSR count). The van der Waals surface area contributed by atoms with Crippen LogP contribution in [0.3, 0.4) is 0 Å². The molecule has 5 nitrogen and oxygen atoms in total. The summed E-state index contributed by atoms with van der Waals surface area (Å²) in [5, 5.41) is 0. The lowest BCUT2D eigenvalue weighted by atomic mass is 9.99. The number of fused-ring (bicyclic) bond motifs is 1. The van der Waals surface area contributed by atoms with Crippen LogP contribution in [-0.2, 0) is 5.54 Å². The molecule has 1 fully saturated rings. The lowest BCUT2D eigenvalue weighted by molar-refractivity contribution is 0.437. The standard InChI is InChI=1S/C10H13N5/c11-10(3-1-2-4-10)9-14-7-5-12-6-13-8(7)15-9/h5-6H,1-4,11H2,(H,12,13,14,15). The number of aromatic nitrogens is 4. The van der Waals surface area contributed by atoms with Gasteiger partial charge in [0.2, 0.25) is 0 Å². The van der Waals surface area contributed by atoms with Gasteiger partial charge in [-0.3, -0.25) is 0 Å². The highest BCUT2D eigenvalue weighted by Gasteiger charge is 2.34. The van der Waals surface area contributed by atoms with Gasteiger partial charge in [-0.1, -0.05) is 12.8 Å². The second-order valence-corrected chi connectivity index (χ2v) is 4.21. The zero-order valence-electron chi connectivity index (χ0n) is 8.40. The maximum absolute atomic E-state index is 6.30. The average Bonchev–Trinajstić information content (AvgIpc) is 2.84. The van der Waals surface area contributed by atoms with Gasteiger partial charge in [-0.2, -0.15) is 0 Å². The van der Waals surface area contributed by atoms with E-state index in [4.69, 9.17) is 5.73 Å². The maximum atomic E-state index is 6.30. The number of nitrogens with zero attached hydrogens (tertiary/aromatic N) is 3. The third kappa shape index (κ3) is 1.31. The zero-order valence-corrected chi connectivity index (χ0v) is 8.40. The van der Waals surface area contributed by atoms with Crippen LogP contribution in [0, 0.1) is 0 Å². The van der Waals surface area contributed by atoms with Crippen molar-refractivity contribution in [2.24, 2.45) is 5.73 Å². The van der Waals surface area contributed by atoms with Crippen LogP contribution < -0.4 is 5.73 Å². The summed E-state index contributed by atoms with van der Waals surface area (Å²) in [5.41, 5.74) is 7.60. The molecule has 0 atom stereocenters. The molecule has 0 bridgehead atoms. The second kappa shape index (κ2) is 3.00. The van der Waals surface area contributed by atoms with E-state index in [-0.39, 0.29) is 5.54 Å². The van der Waals surface area contributed by atoms with Gasteiger partial charge >= 0.3 is 0 Å². The number of H-pyrrole nitrogens is 1. The Balaban J connectivity index is 2.11. The molecule has 0 aliphatic heterocycles. The van der Waals surface area contributed by atoms with E-state index in [2.05, 4.69) is 19.9 Å². The predicted molar refractivity (Wildman–Crippen MR) is 56.0 cm³/mol. The Kier molecular flexibility index (Phi) is 1.76. The number of imidazole rings is 1. The van der Waals surface area contributed by atoms with Gasteiger partial charge in [0.25, 0.3) is 0 Å². The first-order valence-corrected chi connectivity index (χ1v) is 5.23. The molecule has 1 aliphatic rings. The zero-order chi connectivity index (χ0) is 10.3. The van der Waals surface area contributed by atoms with Crippen molar-refractivity contribution >= 4 is 11.2 Å². The van der Waals surface area contributed by atoms with Crippen molar-refractivity contribution in [3.8, 4) is 0 Å². The highest BCUT2D eigenvalue weighted by atomic mass is 15.1. The average molecular weight is 203 g/mol. The van der Waals surface area contributed by atoms with Gasteiger partial charge in [0, 0.05) is 0 Å². The minimum Gasteiger partial charge on any atom is -0.338 e. The second-order valence-electron chi connectivity index (χ2n) is 4.21. The fraction of sp³-hybridized carbons (Fsp3) is 0.500. The molecule has 0 amide bonds. The number of rotatable bonds is 1. The molecule has 0 radical (unpaired) electrons. The molecule has 3 N–H and O–H groups in total. The van der Waals surface area contributed by atoms with Crippen molar-refractivity contribution in [2.75, 3.05) is 0 Å². The van der Waals surface area contributed by atoms with Crippen molar-refractivity contribution in [3.05, 3.63) is 18.3 Å². The minimum atomic E-state index is -0.277. The highest BCUT2D eigenvalue weighted by Crippen LogP contribution is 2.35. The van der Waals surface area contributed by atoms with Gasteiger partial charge in [-0.25, -0.2) is 15.0 Å². The summed E-state index contributed by atoms with van der Waals surface area (Å²) in [6.45, 7) is 0. The van der Waals surface area contributed by atoms with E-state index in [1.54, 1.807) is 6.20 Å². The summed E-state index contributed by atoms with van der Waals surface area (Å²) in [7, 11) is 0. The molecule has 1 aliphatic carbocycles. The lowest BCUT2D eigenvalue weighted by Gasteiger charge is -2.19. The normalized spacial score (nSPS) is 19.8. The van der Waals surface area contributed by atoms with Crippen molar-refractivity contribution in [3.63, 3.8) is 0 Å². The van der Waals surface area contributed by atoms with E-state index in [1.165, 1.54) is 19.2 Å². The molecular formula is C10H13N5. The summed E-state index contributed by atoms with van der Waals surface area (Å²) >= 11 is 0. The summed E-state index contributed by atoms with van der Waals surface area (Å²) in [6.07, 6.45) is 7.60. The molecular weight excluding hydrogens is 190 g/mol. The molecule has 0 aromatic carbocycles. The molecule has 0 unspecified atom stereocenters. The van der Waals surface area contributed by atoms with Gasteiger partial charge < -0.3 is 10.7 Å². The molecule has 0 saturated heterocycles. The fourth-order valence-corrected chi connectivity index (χ4v) is 2.24. The monoisotopic (exact) mass is 203 g/mol. The topological polar surface area (TPSA) is 80.5 Å². The van der Waals surface area contributed by atoms with E-state index in [9.17, 15) is 0 Å².